The summed E-state index contributed by atoms with van der Waals surface area (Å²) in [6.07, 6.45) is 21.2. The van der Waals surface area contributed by atoms with Gasteiger partial charge in [-0.25, -0.2) is 0 Å². The molecule has 206 valence electrons. The first kappa shape index (κ1) is 34.0. The van der Waals surface area contributed by atoms with Crippen molar-refractivity contribution in [3.05, 3.63) is 0 Å². The molecule has 0 saturated carbocycles. The molecule has 0 aliphatic rings. The van der Waals surface area contributed by atoms with Gasteiger partial charge in [-0.1, -0.05) is 153 Å². The maximum atomic E-state index is 2.63. The average molecular weight is 479 g/mol. The number of unbranched alkanes of at least 4 members (excludes halogenated alkanes) is 2. The lowest BCUT2D eigenvalue weighted by molar-refractivity contribution is 0.0712. The first-order valence-corrected chi connectivity index (χ1v) is 16.1. The van der Waals surface area contributed by atoms with Crippen molar-refractivity contribution in [3.8, 4) is 0 Å². The van der Waals surface area contributed by atoms with Crippen LogP contribution in [-0.4, -0.2) is 0 Å². The molecule has 0 nitrogen and oxygen atoms in total. The molecule has 0 aliphatic carbocycles. The van der Waals surface area contributed by atoms with E-state index in [0.29, 0.717) is 5.41 Å². The van der Waals surface area contributed by atoms with Gasteiger partial charge in [-0.2, -0.15) is 0 Å². The van der Waals surface area contributed by atoms with Crippen molar-refractivity contribution in [1.82, 2.24) is 0 Å². The van der Waals surface area contributed by atoms with Crippen molar-refractivity contribution in [2.45, 2.75) is 172 Å². The van der Waals surface area contributed by atoms with Crippen LogP contribution < -0.4 is 0 Å². The van der Waals surface area contributed by atoms with Crippen molar-refractivity contribution in [2.75, 3.05) is 0 Å². The van der Waals surface area contributed by atoms with Crippen LogP contribution in [0.4, 0.5) is 0 Å². The molecule has 0 radical (unpaired) electrons. The molecule has 0 aromatic heterocycles. The molecule has 0 amide bonds. The van der Waals surface area contributed by atoms with Gasteiger partial charge in [0, 0.05) is 0 Å². The molecule has 6 atom stereocenters. The molecule has 0 aromatic rings. The molecular weight excluding hydrogens is 408 g/mol. The van der Waals surface area contributed by atoms with Crippen LogP contribution in [0.25, 0.3) is 0 Å². The molecule has 0 saturated heterocycles. The Balaban J connectivity index is 4.69. The Bertz CT molecular complexity index is 445. The lowest BCUT2D eigenvalue weighted by atomic mass is 9.62. The van der Waals surface area contributed by atoms with E-state index in [0.717, 1.165) is 41.4 Å². The van der Waals surface area contributed by atoms with Crippen molar-refractivity contribution < 1.29 is 0 Å². The third-order valence-electron chi connectivity index (χ3n) is 10.5. The summed E-state index contributed by atoms with van der Waals surface area (Å²) in [5.74, 6) is 6.25. The SMILES string of the molecule is CCCC(CCC)C(C)(CCC(C)C(CC)CCCCCC(CC(C)CC)C(C)CC)C(C)C. The fraction of sp³-hybridized carbons (Fsp3) is 1.00. The Morgan fingerprint density at radius 2 is 1.12 bits per heavy atom. The second-order valence-electron chi connectivity index (χ2n) is 13.2. The first-order valence-electron chi connectivity index (χ1n) is 16.1. The minimum absolute atomic E-state index is 0.513. The highest BCUT2D eigenvalue weighted by Crippen LogP contribution is 2.46. The van der Waals surface area contributed by atoms with Crippen LogP contribution in [0.5, 0.6) is 0 Å². The van der Waals surface area contributed by atoms with Gasteiger partial charge in [-0.3, -0.25) is 0 Å². The second kappa shape index (κ2) is 19.2. The van der Waals surface area contributed by atoms with Crippen LogP contribution in [0, 0.1) is 46.8 Å². The van der Waals surface area contributed by atoms with E-state index >= 15 is 0 Å². The van der Waals surface area contributed by atoms with E-state index in [1.54, 1.807) is 0 Å². The van der Waals surface area contributed by atoms with Crippen molar-refractivity contribution in [3.63, 3.8) is 0 Å². The Morgan fingerprint density at radius 1 is 0.559 bits per heavy atom. The Labute approximate surface area is 219 Å². The molecule has 0 rings (SSSR count). The zero-order valence-electron chi connectivity index (χ0n) is 26.1. The number of hydrogen-bond donors (Lipinski definition) is 0. The Morgan fingerprint density at radius 3 is 1.56 bits per heavy atom. The molecule has 0 aliphatic heterocycles. The summed E-state index contributed by atoms with van der Waals surface area (Å²) in [6, 6.07) is 0. The fourth-order valence-electron chi connectivity index (χ4n) is 6.77. The fourth-order valence-corrected chi connectivity index (χ4v) is 6.77. The summed E-state index contributed by atoms with van der Waals surface area (Å²) in [4.78, 5) is 0. The quantitative estimate of drug-likeness (QED) is 0.136. The summed E-state index contributed by atoms with van der Waals surface area (Å²) in [7, 11) is 0. The Hall–Kier alpha value is 0. The summed E-state index contributed by atoms with van der Waals surface area (Å²) in [5.41, 5.74) is 0.513. The van der Waals surface area contributed by atoms with E-state index in [4.69, 9.17) is 0 Å². The smallest absolute Gasteiger partial charge is 0.0274 e. The molecule has 0 bridgehead atoms. The lowest BCUT2D eigenvalue weighted by Crippen LogP contribution is -2.34. The van der Waals surface area contributed by atoms with Gasteiger partial charge in [-0.05, 0) is 66.1 Å². The van der Waals surface area contributed by atoms with E-state index in [-0.39, 0.29) is 0 Å². The van der Waals surface area contributed by atoms with Gasteiger partial charge in [-0.15, -0.1) is 0 Å². The summed E-state index contributed by atoms with van der Waals surface area (Å²) >= 11 is 0. The van der Waals surface area contributed by atoms with E-state index in [9.17, 15) is 0 Å². The summed E-state index contributed by atoms with van der Waals surface area (Å²) in [6.45, 7) is 27.1. The maximum Gasteiger partial charge on any atom is -0.0274 e. The molecule has 0 aromatic carbocycles. The highest BCUT2D eigenvalue weighted by molar-refractivity contribution is 4.86. The normalized spacial score (nSPS) is 18.6. The highest BCUT2D eigenvalue weighted by atomic mass is 14.4. The highest BCUT2D eigenvalue weighted by Gasteiger charge is 2.36. The first-order chi connectivity index (χ1) is 16.1. The molecule has 6 unspecified atom stereocenters. The predicted octanol–water partition coefficient (Wildman–Crippen LogP) is 12.4. The maximum absolute atomic E-state index is 2.63. The van der Waals surface area contributed by atoms with Gasteiger partial charge < -0.3 is 0 Å². The second-order valence-corrected chi connectivity index (χ2v) is 13.2. The summed E-state index contributed by atoms with van der Waals surface area (Å²) in [5, 5.41) is 0. The van der Waals surface area contributed by atoms with Crippen molar-refractivity contribution in [2.24, 2.45) is 46.8 Å². The molecule has 34 heavy (non-hydrogen) atoms. The molecule has 0 fully saturated rings. The van der Waals surface area contributed by atoms with Gasteiger partial charge in [0.25, 0.3) is 0 Å². The molecule has 0 spiro atoms. The minimum atomic E-state index is 0.513. The van der Waals surface area contributed by atoms with E-state index < -0.39 is 0 Å². The molecule has 0 heteroatoms. The average Bonchev–Trinajstić information content (AvgIpc) is 2.82. The van der Waals surface area contributed by atoms with Crippen LogP contribution >= 0.6 is 0 Å². The third kappa shape index (κ3) is 12.3. The zero-order chi connectivity index (χ0) is 26.1. The molecular formula is C34H70. The summed E-state index contributed by atoms with van der Waals surface area (Å²) < 4.78 is 0. The van der Waals surface area contributed by atoms with Crippen LogP contribution in [0.15, 0.2) is 0 Å². The Kier molecular flexibility index (Phi) is 19.2. The van der Waals surface area contributed by atoms with Crippen molar-refractivity contribution >= 4 is 0 Å². The van der Waals surface area contributed by atoms with Gasteiger partial charge in [0.2, 0.25) is 0 Å². The monoisotopic (exact) mass is 479 g/mol. The van der Waals surface area contributed by atoms with Gasteiger partial charge >= 0.3 is 0 Å². The predicted molar refractivity (Wildman–Crippen MR) is 159 cm³/mol. The van der Waals surface area contributed by atoms with Crippen LogP contribution in [0.3, 0.4) is 0 Å². The van der Waals surface area contributed by atoms with Gasteiger partial charge in [0.05, 0.1) is 0 Å². The van der Waals surface area contributed by atoms with E-state index in [2.05, 4.69) is 76.2 Å². The molecule has 0 N–H and O–H groups in total. The van der Waals surface area contributed by atoms with Crippen LogP contribution in [-0.2, 0) is 0 Å². The number of hydrogen-bond acceptors (Lipinski definition) is 0. The van der Waals surface area contributed by atoms with Crippen molar-refractivity contribution in [1.29, 1.82) is 0 Å². The van der Waals surface area contributed by atoms with Gasteiger partial charge in [0.15, 0.2) is 0 Å². The van der Waals surface area contributed by atoms with E-state index in [1.165, 1.54) is 96.3 Å². The topological polar surface area (TPSA) is 0 Å². The third-order valence-corrected chi connectivity index (χ3v) is 10.5. The van der Waals surface area contributed by atoms with Gasteiger partial charge in [0.1, 0.15) is 0 Å². The van der Waals surface area contributed by atoms with Crippen LogP contribution in [0.2, 0.25) is 0 Å². The lowest BCUT2D eigenvalue weighted by Gasteiger charge is -2.43. The largest absolute Gasteiger partial charge is 0.0654 e. The van der Waals surface area contributed by atoms with E-state index in [1.807, 2.05) is 0 Å². The minimum Gasteiger partial charge on any atom is -0.0654 e. The van der Waals surface area contributed by atoms with Crippen LogP contribution in [0.1, 0.15) is 172 Å². The standard InChI is InChI=1S/C34H70/c1-12-20-33(21-13-2)34(11,27(6)7)25-24-30(10)31(16-5)22-18-17-19-23-32(29(9)15-4)26-28(8)14-3/h27-33H,12-26H2,1-11H3. The molecule has 0 heterocycles. The number of rotatable bonds is 22. The zero-order valence-corrected chi connectivity index (χ0v) is 26.1.